The summed E-state index contributed by atoms with van der Waals surface area (Å²) in [6.07, 6.45) is 1.89. The summed E-state index contributed by atoms with van der Waals surface area (Å²) in [4.78, 5) is 40.7. The molecule has 4 aliphatic rings. The van der Waals surface area contributed by atoms with Gasteiger partial charge in [-0.05, 0) is 62.2 Å². The molecule has 3 aromatic rings. The molecule has 5 atom stereocenters. The highest BCUT2D eigenvalue weighted by molar-refractivity contribution is 6.05. The van der Waals surface area contributed by atoms with Crippen molar-refractivity contribution in [3.05, 3.63) is 88.5 Å². The molecule has 0 bridgehead atoms. The number of imide groups is 1. The number of rotatable bonds is 7. The van der Waals surface area contributed by atoms with Crippen molar-refractivity contribution in [3.63, 3.8) is 0 Å². The quantitative estimate of drug-likeness (QED) is 0.388. The van der Waals surface area contributed by atoms with E-state index in [1.165, 1.54) is 23.1 Å². The fourth-order valence-electron chi connectivity index (χ4n) is 6.95. The molecule has 7 rings (SSSR count). The lowest BCUT2D eigenvalue weighted by Crippen LogP contribution is -2.52. The molecule has 9 nitrogen and oxygen atoms in total. The van der Waals surface area contributed by atoms with Crippen LogP contribution in [0.15, 0.2) is 54.6 Å². The highest BCUT2D eigenvalue weighted by Crippen LogP contribution is 2.49. The van der Waals surface area contributed by atoms with Crippen molar-refractivity contribution in [2.45, 2.75) is 70.0 Å². The third kappa shape index (κ3) is 5.24. The summed E-state index contributed by atoms with van der Waals surface area (Å²) in [5, 5.41) is 11.3. The zero-order valence-corrected chi connectivity index (χ0v) is 24.5. The van der Waals surface area contributed by atoms with Gasteiger partial charge in [-0.25, -0.2) is 8.78 Å². The molecule has 2 saturated heterocycles. The maximum Gasteiger partial charge on any atom is 0.255 e. The van der Waals surface area contributed by atoms with E-state index in [1.54, 1.807) is 36.4 Å². The van der Waals surface area contributed by atoms with Crippen LogP contribution in [0.4, 0.5) is 14.5 Å². The number of carbonyl (C=O) groups is 3. The minimum Gasteiger partial charge on any atom is -0.490 e. The SMILES string of the molecule is CC1CC(Oc2ccc(COc3cccc4c3CN([C@H]3CCC(=O)NC3=O)C4=O)c(F)c2)C2CC2N1c1ccc(C#N)c(F)c1. The molecule has 230 valence electrons. The first kappa shape index (κ1) is 28.8. The smallest absolute Gasteiger partial charge is 0.255 e. The number of anilines is 1. The zero-order valence-electron chi connectivity index (χ0n) is 24.5. The molecule has 11 heteroatoms. The van der Waals surface area contributed by atoms with Crippen LogP contribution < -0.4 is 19.7 Å². The molecule has 45 heavy (non-hydrogen) atoms. The molecule has 3 amide bonds. The maximum atomic E-state index is 15.2. The minimum atomic E-state index is -0.736. The third-order valence-electron chi connectivity index (χ3n) is 9.29. The second-order valence-electron chi connectivity index (χ2n) is 12.1. The van der Waals surface area contributed by atoms with Crippen LogP contribution in [0.3, 0.4) is 0 Å². The van der Waals surface area contributed by atoms with E-state index in [9.17, 15) is 18.8 Å². The molecule has 3 heterocycles. The number of ether oxygens (including phenoxy) is 2. The Morgan fingerprint density at radius 3 is 2.64 bits per heavy atom. The van der Waals surface area contributed by atoms with E-state index >= 15 is 4.39 Å². The van der Waals surface area contributed by atoms with E-state index in [-0.39, 0.29) is 67.5 Å². The van der Waals surface area contributed by atoms with E-state index in [0.717, 1.165) is 12.1 Å². The Hall–Kier alpha value is -4.98. The Labute approximate surface area is 258 Å². The van der Waals surface area contributed by atoms with Crippen LogP contribution in [0.1, 0.15) is 59.7 Å². The average molecular weight is 613 g/mol. The van der Waals surface area contributed by atoms with Crippen molar-refractivity contribution < 1.29 is 32.6 Å². The fraction of sp³-hybridized carbons (Fsp3) is 0.353. The Balaban J connectivity index is 0.987. The molecule has 3 fully saturated rings. The molecular weight excluding hydrogens is 582 g/mol. The molecule has 1 saturated carbocycles. The zero-order chi connectivity index (χ0) is 31.4. The lowest BCUT2D eigenvalue weighted by Gasteiger charge is -2.39. The van der Waals surface area contributed by atoms with Gasteiger partial charge in [-0.2, -0.15) is 5.26 Å². The summed E-state index contributed by atoms with van der Waals surface area (Å²) >= 11 is 0. The Morgan fingerprint density at radius 2 is 1.89 bits per heavy atom. The molecule has 0 spiro atoms. The predicted molar refractivity (Wildman–Crippen MR) is 157 cm³/mol. The number of nitriles is 1. The summed E-state index contributed by atoms with van der Waals surface area (Å²) in [7, 11) is 0. The Kier molecular flexibility index (Phi) is 7.15. The Morgan fingerprint density at radius 1 is 1.04 bits per heavy atom. The number of hydrogen-bond donors (Lipinski definition) is 1. The predicted octanol–water partition coefficient (Wildman–Crippen LogP) is 4.61. The monoisotopic (exact) mass is 612 g/mol. The summed E-state index contributed by atoms with van der Waals surface area (Å²) in [6.45, 7) is 2.14. The summed E-state index contributed by atoms with van der Waals surface area (Å²) in [5.74, 6) is -1.08. The number of piperidine rings is 2. The van der Waals surface area contributed by atoms with Gasteiger partial charge in [0.05, 0.1) is 12.1 Å². The average Bonchev–Trinajstić information content (AvgIpc) is 3.74. The molecule has 0 aromatic heterocycles. The number of nitrogens with zero attached hydrogens (tertiary/aromatic N) is 3. The third-order valence-corrected chi connectivity index (χ3v) is 9.29. The standard InChI is InChI=1S/C34H30F2N4O5/c1-18-11-31(24-14-29(24)40(18)21-7-5-19(15-37)26(35)12-21)45-22-8-6-20(27(36)13-22)17-44-30-4-2-3-23-25(30)16-39(34(23)43)28-9-10-32(41)38-33(28)42/h2-8,12-13,18,24,28-29,31H,9-11,14,16-17H2,1H3,(H,38,41,42)/t18?,24?,28-,29?,31?/m0/s1. The number of benzene rings is 3. The van der Waals surface area contributed by atoms with Crippen molar-refractivity contribution in [2.75, 3.05) is 4.90 Å². The van der Waals surface area contributed by atoms with Gasteiger partial charge in [-0.1, -0.05) is 6.07 Å². The van der Waals surface area contributed by atoms with Gasteiger partial charge in [0.2, 0.25) is 11.8 Å². The van der Waals surface area contributed by atoms with Crippen LogP contribution in [-0.2, 0) is 22.7 Å². The second kappa shape index (κ2) is 11.2. The van der Waals surface area contributed by atoms with Crippen molar-refractivity contribution in [3.8, 4) is 17.6 Å². The molecule has 3 aromatic carbocycles. The normalized spacial score (nSPS) is 25.3. The fourth-order valence-corrected chi connectivity index (χ4v) is 6.95. The summed E-state index contributed by atoms with van der Waals surface area (Å²) in [6, 6.07) is 15.8. The molecule has 3 aliphatic heterocycles. The van der Waals surface area contributed by atoms with Gasteiger partial charge < -0.3 is 19.3 Å². The lowest BCUT2D eigenvalue weighted by atomic mass is 9.99. The summed E-state index contributed by atoms with van der Waals surface area (Å²) in [5.41, 5.74) is 2.13. The van der Waals surface area contributed by atoms with Crippen molar-refractivity contribution in [1.29, 1.82) is 5.26 Å². The number of carbonyl (C=O) groups excluding carboxylic acids is 3. The van der Waals surface area contributed by atoms with Crippen LogP contribution in [0.5, 0.6) is 11.5 Å². The number of hydrogen-bond acceptors (Lipinski definition) is 7. The van der Waals surface area contributed by atoms with Gasteiger partial charge in [-0.3, -0.25) is 19.7 Å². The van der Waals surface area contributed by atoms with Gasteiger partial charge in [-0.15, -0.1) is 0 Å². The van der Waals surface area contributed by atoms with Crippen molar-refractivity contribution >= 4 is 23.4 Å². The van der Waals surface area contributed by atoms with E-state index < -0.39 is 23.6 Å². The van der Waals surface area contributed by atoms with Crippen LogP contribution in [0, 0.1) is 28.9 Å². The van der Waals surface area contributed by atoms with Gasteiger partial charge in [0.1, 0.15) is 48.0 Å². The van der Waals surface area contributed by atoms with E-state index in [0.29, 0.717) is 34.6 Å². The van der Waals surface area contributed by atoms with Gasteiger partial charge in [0.15, 0.2) is 0 Å². The number of amides is 3. The van der Waals surface area contributed by atoms with Crippen molar-refractivity contribution in [1.82, 2.24) is 10.2 Å². The van der Waals surface area contributed by atoms with Crippen LogP contribution >= 0.6 is 0 Å². The van der Waals surface area contributed by atoms with E-state index in [2.05, 4.69) is 17.1 Å². The van der Waals surface area contributed by atoms with Gasteiger partial charge in [0, 0.05) is 59.3 Å². The maximum absolute atomic E-state index is 15.2. The molecule has 1 N–H and O–H groups in total. The summed E-state index contributed by atoms with van der Waals surface area (Å²) < 4.78 is 41.8. The van der Waals surface area contributed by atoms with Crippen molar-refractivity contribution in [2.24, 2.45) is 5.92 Å². The van der Waals surface area contributed by atoms with Crippen LogP contribution in [0.25, 0.3) is 0 Å². The second-order valence-corrected chi connectivity index (χ2v) is 12.1. The highest BCUT2D eigenvalue weighted by atomic mass is 19.1. The number of nitrogens with one attached hydrogen (secondary N) is 1. The first-order chi connectivity index (χ1) is 21.7. The van der Waals surface area contributed by atoms with Crippen LogP contribution in [0.2, 0.25) is 0 Å². The highest BCUT2D eigenvalue weighted by Gasteiger charge is 2.53. The lowest BCUT2D eigenvalue weighted by molar-refractivity contribution is -0.136. The van der Waals surface area contributed by atoms with Gasteiger partial charge >= 0.3 is 0 Å². The molecular formula is C34H30F2N4O5. The largest absolute Gasteiger partial charge is 0.490 e. The topological polar surface area (TPSA) is 112 Å². The molecule has 0 radical (unpaired) electrons. The molecule has 1 aliphatic carbocycles. The van der Waals surface area contributed by atoms with Gasteiger partial charge in [0.25, 0.3) is 5.91 Å². The Bertz CT molecular complexity index is 1770. The first-order valence-electron chi connectivity index (χ1n) is 15.0. The minimum absolute atomic E-state index is 0.0204. The van der Waals surface area contributed by atoms with E-state index in [4.69, 9.17) is 14.7 Å². The van der Waals surface area contributed by atoms with E-state index in [1.807, 2.05) is 6.07 Å². The number of fused-ring (bicyclic) bond motifs is 2. The van der Waals surface area contributed by atoms with Crippen LogP contribution in [-0.4, -0.2) is 46.9 Å². The first-order valence-corrected chi connectivity index (χ1v) is 15.0. The molecule has 4 unspecified atom stereocenters. The number of halogens is 2.